The summed E-state index contributed by atoms with van der Waals surface area (Å²) in [7, 11) is 0. The van der Waals surface area contributed by atoms with E-state index in [4.69, 9.17) is 0 Å². The first kappa shape index (κ1) is 15.1. The Morgan fingerprint density at radius 2 is 1.85 bits per heavy atom. The predicted molar refractivity (Wildman–Crippen MR) is 83.6 cm³/mol. The van der Waals surface area contributed by atoms with Crippen LogP contribution in [0.5, 0.6) is 0 Å². The molecule has 0 N–H and O–H groups in total. The predicted octanol–water partition coefficient (Wildman–Crippen LogP) is 4.05. The zero-order valence-electron chi connectivity index (χ0n) is 12.7. The van der Waals surface area contributed by atoms with E-state index in [0.29, 0.717) is 5.91 Å². The molecule has 0 saturated carbocycles. The van der Waals surface area contributed by atoms with E-state index >= 15 is 0 Å². The van der Waals surface area contributed by atoms with E-state index in [1.54, 1.807) is 0 Å². The van der Waals surface area contributed by atoms with Crippen LogP contribution in [0.4, 0.5) is 0 Å². The third-order valence-corrected chi connectivity index (χ3v) is 4.25. The lowest BCUT2D eigenvalue weighted by molar-refractivity contribution is -0.134. The Balaban J connectivity index is 1.97. The Hall–Kier alpha value is -1.31. The molecule has 2 nitrogen and oxygen atoms in total. The molecule has 2 rings (SSSR count). The van der Waals surface area contributed by atoms with Crippen molar-refractivity contribution in [1.82, 2.24) is 4.90 Å². The second kappa shape index (κ2) is 8.08. The van der Waals surface area contributed by atoms with Crippen LogP contribution in [-0.2, 0) is 11.2 Å². The van der Waals surface area contributed by atoms with Crippen molar-refractivity contribution >= 4 is 5.91 Å². The molecule has 1 unspecified atom stereocenters. The van der Waals surface area contributed by atoms with Crippen LogP contribution in [0.25, 0.3) is 0 Å². The van der Waals surface area contributed by atoms with Gasteiger partial charge < -0.3 is 4.90 Å². The maximum absolute atomic E-state index is 12.7. The highest BCUT2D eigenvalue weighted by Crippen LogP contribution is 2.21. The van der Waals surface area contributed by atoms with Crippen LogP contribution in [0.15, 0.2) is 30.3 Å². The fourth-order valence-electron chi connectivity index (χ4n) is 3.05. The number of amides is 1. The lowest BCUT2D eigenvalue weighted by Crippen LogP contribution is -2.34. The van der Waals surface area contributed by atoms with Gasteiger partial charge in [-0.05, 0) is 31.2 Å². The van der Waals surface area contributed by atoms with Gasteiger partial charge in [0.05, 0.1) is 0 Å². The molecule has 0 aliphatic carbocycles. The first-order valence-electron chi connectivity index (χ1n) is 8.14. The van der Waals surface area contributed by atoms with E-state index in [2.05, 4.69) is 36.1 Å². The number of unbranched alkanes of at least 4 members (excludes halogenated alkanes) is 2. The Morgan fingerprint density at radius 1 is 1.15 bits per heavy atom. The Kier molecular flexibility index (Phi) is 6.10. The molecular weight excluding hydrogens is 246 g/mol. The van der Waals surface area contributed by atoms with Gasteiger partial charge >= 0.3 is 0 Å². The molecule has 110 valence electrons. The summed E-state index contributed by atoms with van der Waals surface area (Å²) in [6, 6.07) is 10.5. The van der Waals surface area contributed by atoms with E-state index in [1.807, 2.05) is 6.07 Å². The van der Waals surface area contributed by atoms with Crippen LogP contribution < -0.4 is 0 Å². The number of carbonyl (C=O) groups is 1. The fourth-order valence-corrected chi connectivity index (χ4v) is 3.05. The average Bonchev–Trinajstić information content (AvgIpc) is 3.01. The van der Waals surface area contributed by atoms with Crippen molar-refractivity contribution in [2.75, 3.05) is 13.1 Å². The zero-order chi connectivity index (χ0) is 14.2. The molecule has 0 bridgehead atoms. The Bertz CT molecular complexity index is 395. The van der Waals surface area contributed by atoms with Crippen molar-refractivity contribution in [2.45, 2.75) is 51.9 Å². The van der Waals surface area contributed by atoms with Crippen molar-refractivity contribution in [3.63, 3.8) is 0 Å². The third-order valence-electron chi connectivity index (χ3n) is 4.25. The molecule has 0 spiro atoms. The number of hydrogen-bond acceptors (Lipinski definition) is 1. The summed E-state index contributed by atoms with van der Waals surface area (Å²) in [5.74, 6) is 0.574. The second-order valence-corrected chi connectivity index (χ2v) is 5.91. The summed E-state index contributed by atoms with van der Waals surface area (Å²) in [6.45, 7) is 4.16. The van der Waals surface area contributed by atoms with Crippen molar-refractivity contribution in [3.05, 3.63) is 35.9 Å². The summed E-state index contributed by atoms with van der Waals surface area (Å²) in [5.41, 5.74) is 1.29. The van der Waals surface area contributed by atoms with Gasteiger partial charge in [-0.1, -0.05) is 56.5 Å². The monoisotopic (exact) mass is 273 g/mol. The minimum Gasteiger partial charge on any atom is -0.342 e. The normalized spacial score (nSPS) is 16.4. The van der Waals surface area contributed by atoms with Gasteiger partial charge in [0.15, 0.2) is 0 Å². The van der Waals surface area contributed by atoms with Crippen LogP contribution in [0.2, 0.25) is 0 Å². The number of rotatable bonds is 7. The zero-order valence-corrected chi connectivity index (χ0v) is 12.7. The number of benzene rings is 1. The molecular formula is C18H27NO. The van der Waals surface area contributed by atoms with Gasteiger partial charge in [-0.15, -0.1) is 0 Å². The lowest BCUT2D eigenvalue weighted by atomic mass is 9.92. The maximum atomic E-state index is 12.7. The van der Waals surface area contributed by atoms with Gasteiger partial charge in [0.2, 0.25) is 5.91 Å². The minimum atomic E-state index is 0.182. The van der Waals surface area contributed by atoms with Gasteiger partial charge in [0.1, 0.15) is 0 Å². The quantitative estimate of drug-likeness (QED) is 0.686. The molecule has 1 heterocycles. The van der Waals surface area contributed by atoms with Gasteiger partial charge in [0, 0.05) is 19.0 Å². The van der Waals surface area contributed by atoms with Crippen molar-refractivity contribution in [1.29, 1.82) is 0 Å². The summed E-state index contributed by atoms with van der Waals surface area (Å²) >= 11 is 0. The minimum absolute atomic E-state index is 0.182. The van der Waals surface area contributed by atoms with E-state index in [0.717, 1.165) is 25.9 Å². The van der Waals surface area contributed by atoms with Crippen LogP contribution in [-0.4, -0.2) is 23.9 Å². The van der Waals surface area contributed by atoms with E-state index < -0.39 is 0 Å². The second-order valence-electron chi connectivity index (χ2n) is 5.91. The first-order chi connectivity index (χ1) is 9.81. The molecule has 1 fully saturated rings. The standard InChI is InChI=1S/C18H27NO/c1-2-3-5-12-17(15-16-10-6-4-7-11-16)18(20)19-13-8-9-14-19/h4,6-7,10-11,17H,2-3,5,8-9,12-15H2,1H3. The summed E-state index contributed by atoms with van der Waals surface area (Å²) in [5, 5.41) is 0. The number of hydrogen-bond donors (Lipinski definition) is 0. The molecule has 20 heavy (non-hydrogen) atoms. The molecule has 1 atom stereocenters. The fraction of sp³-hybridized carbons (Fsp3) is 0.611. The largest absolute Gasteiger partial charge is 0.342 e. The highest BCUT2D eigenvalue weighted by Gasteiger charge is 2.26. The summed E-state index contributed by atoms with van der Waals surface area (Å²) in [4.78, 5) is 14.8. The molecule has 2 heteroatoms. The lowest BCUT2D eigenvalue weighted by Gasteiger charge is -2.23. The summed E-state index contributed by atoms with van der Waals surface area (Å²) in [6.07, 6.45) is 7.93. The summed E-state index contributed by atoms with van der Waals surface area (Å²) < 4.78 is 0. The van der Waals surface area contributed by atoms with Gasteiger partial charge in [-0.25, -0.2) is 0 Å². The van der Waals surface area contributed by atoms with Crippen molar-refractivity contribution < 1.29 is 4.79 Å². The SMILES string of the molecule is CCCCCC(Cc1ccccc1)C(=O)N1CCCC1. The van der Waals surface area contributed by atoms with Gasteiger partial charge in [-0.3, -0.25) is 4.79 Å². The molecule has 1 amide bonds. The van der Waals surface area contributed by atoms with Crippen molar-refractivity contribution in [3.8, 4) is 0 Å². The molecule has 1 aromatic rings. The Morgan fingerprint density at radius 3 is 2.50 bits per heavy atom. The van der Waals surface area contributed by atoms with Gasteiger partial charge in [-0.2, -0.15) is 0 Å². The number of carbonyl (C=O) groups excluding carboxylic acids is 1. The third kappa shape index (κ3) is 4.36. The molecule has 1 aliphatic heterocycles. The van der Waals surface area contributed by atoms with E-state index in [-0.39, 0.29) is 5.92 Å². The highest BCUT2D eigenvalue weighted by molar-refractivity contribution is 5.79. The first-order valence-corrected chi connectivity index (χ1v) is 8.14. The topological polar surface area (TPSA) is 20.3 Å². The van der Waals surface area contributed by atoms with E-state index in [1.165, 1.54) is 37.7 Å². The molecule has 0 radical (unpaired) electrons. The van der Waals surface area contributed by atoms with Crippen LogP contribution in [0.1, 0.15) is 51.0 Å². The molecule has 1 aliphatic rings. The average molecular weight is 273 g/mol. The molecule has 1 saturated heterocycles. The van der Waals surface area contributed by atoms with Gasteiger partial charge in [0.25, 0.3) is 0 Å². The van der Waals surface area contributed by atoms with Crippen molar-refractivity contribution in [2.24, 2.45) is 5.92 Å². The van der Waals surface area contributed by atoms with E-state index in [9.17, 15) is 4.79 Å². The van der Waals surface area contributed by atoms with Crippen LogP contribution in [0, 0.1) is 5.92 Å². The molecule has 1 aromatic carbocycles. The van der Waals surface area contributed by atoms with Crippen LogP contribution >= 0.6 is 0 Å². The highest BCUT2D eigenvalue weighted by atomic mass is 16.2. The number of likely N-dealkylation sites (tertiary alicyclic amines) is 1. The van der Waals surface area contributed by atoms with Crippen LogP contribution in [0.3, 0.4) is 0 Å². The maximum Gasteiger partial charge on any atom is 0.226 e. The molecule has 0 aromatic heterocycles. The number of nitrogens with zero attached hydrogens (tertiary/aromatic N) is 1. The Labute approximate surface area is 123 Å². The smallest absolute Gasteiger partial charge is 0.226 e.